The molecule has 0 aromatic heterocycles. The van der Waals surface area contributed by atoms with Crippen LogP contribution in [-0.4, -0.2) is 37.3 Å². The summed E-state index contributed by atoms with van der Waals surface area (Å²) in [4.78, 5) is 13.2. The molecule has 1 aliphatic heterocycles. The maximum atomic E-state index is 13.0. The number of rotatable bonds is 6. The molecule has 1 heterocycles. The number of amides is 1. The van der Waals surface area contributed by atoms with E-state index >= 15 is 0 Å². The smallest absolute Gasteiger partial charge is 0.252 e. The minimum atomic E-state index is -3.57. The predicted octanol–water partition coefficient (Wildman–Crippen LogP) is 3.92. The van der Waals surface area contributed by atoms with Gasteiger partial charge in [-0.05, 0) is 63.3 Å². The van der Waals surface area contributed by atoms with Crippen LogP contribution in [-0.2, 0) is 16.4 Å². The Morgan fingerprint density at radius 3 is 2.34 bits per heavy atom. The number of hydrogen-bond acceptors (Lipinski definition) is 3. The third-order valence-electron chi connectivity index (χ3n) is 5.35. The topological polar surface area (TPSA) is 66.5 Å². The Kier molecular flexibility index (Phi) is 6.44. The van der Waals surface area contributed by atoms with E-state index in [1.807, 2.05) is 51.1 Å². The van der Waals surface area contributed by atoms with Crippen molar-refractivity contribution in [2.24, 2.45) is 0 Å². The molecular formula is C23H30N2O3S. The lowest BCUT2D eigenvalue weighted by Crippen LogP contribution is -2.45. The van der Waals surface area contributed by atoms with Gasteiger partial charge in [0, 0.05) is 24.2 Å². The fraction of sp³-hybridized carbons (Fsp3) is 0.435. The third kappa shape index (κ3) is 5.25. The monoisotopic (exact) mass is 414 g/mol. The van der Waals surface area contributed by atoms with E-state index in [2.05, 4.69) is 5.32 Å². The van der Waals surface area contributed by atoms with Crippen LogP contribution in [0.3, 0.4) is 0 Å². The second-order valence-corrected chi connectivity index (χ2v) is 10.4. The van der Waals surface area contributed by atoms with Crippen LogP contribution in [0.2, 0.25) is 0 Å². The van der Waals surface area contributed by atoms with E-state index in [1.165, 1.54) is 10.4 Å². The summed E-state index contributed by atoms with van der Waals surface area (Å²) in [6, 6.07) is 14.8. The number of nitrogens with one attached hydrogen (secondary N) is 1. The summed E-state index contributed by atoms with van der Waals surface area (Å²) < 4.78 is 27.5. The number of nitrogens with zero attached hydrogens (tertiary/aromatic N) is 1. The molecule has 0 atom stereocenters. The molecule has 1 N–H and O–H groups in total. The van der Waals surface area contributed by atoms with E-state index in [0.717, 1.165) is 30.4 Å². The molecule has 0 unspecified atom stereocenters. The van der Waals surface area contributed by atoms with Crippen LogP contribution >= 0.6 is 0 Å². The summed E-state index contributed by atoms with van der Waals surface area (Å²) in [6.07, 6.45) is 3.51. The molecule has 3 rings (SSSR count). The number of aryl methyl sites for hydroxylation is 1. The van der Waals surface area contributed by atoms with E-state index < -0.39 is 15.6 Å². The van der Waals surface area contributed by atoms with Crippen LogP contribution in [0.15, 0.2) is 53.4 Å². The average molecular weight is 415 g/mol. The van der Waals surface area contributed by atoms with Gasteiger partial charge >= 0.3 is 0 Å². The first-order valence-electron chi connectivity index (χ1n) is 10.2. The van der Waals surface area contributed by atoms with Crippen molar-refractivity contribution < 1.29 is 13.2 Å². The first-order chi connectivity index (χ1) is 13.7. The second-order valence-electron chi connectivity index (χ2n) is 8.44. The number of piperidine rings is 1. The zero-order valence-electron chi connectivity index (χ0n) is 17.4. The molecule has 1 saturated heterocycles. The molecule has 2 aromatic rings. The SMILES string of the molecule is Cc1ccc(S(=O)(=O)N2CCCCC2)cc1C(=O)NC(C)(C)Cc1ccccc1. The van der Waals surface area contributed by atoms with E-state index in [4.69, 9.17) is 0 Å². The van der Waals surface area contributed by atoms with E-state index in [0.29, 0.717) is 25.1 Å². The van der Waals surface area contributed by atoms with E-state index in [9.17, 15) is 13.2 Å². The molecule has 0 bridgehead atoms. The summed E-state index contributed by atoms with van der Waals surface area (Å²) in [5, 5.41) is 3.07. The summed E-state index contributed by atoms with van der Waals surface area (Å²) in [5.74, 6) is -0.251. The van der Waals surface area contributed by atoms with E-state index in [-0.39, 0.29) is 10.8 Å². The summed E-state index contributed by atoms with van der Waals surface area (Å²) in [6.45, 7) is 6.86. The Morgan fingerprint density at radius 2 is 1.69 bits per heavy atom. The normalized spacial score (nSPS) is 15.8. The van der Waals surface area contributed by atoms with Crippen molar-refractivity contribution in [3.05, 3.63) is 65.2 Å². The molecule has 2 aromatic carbocycles. The lowest BCUT2D eigenvalue weighted by molar-refractivity contribution is 0.0912. The number of carbonyl (C=O) groups excluding carboxylic acids is 1. The molecule has 156 valence electrons. The van der Waals surface area contributed by atoms with Crippen LogP contribution in [0.5, 0.6) is 0 Å². The lowest BCUT2D eigenvalue weighted by Gasteiger charge is -2.28. The molecule has 0 saturated carbocycles. The van der Waals surface area contributed by atoms with Gasteiger partial charge in [0.15, 0.2) is 0 Å². The van der Waals surface area contributed by atoms with Crippen molar-refractivity contribution in [3.8, 4) is 0 Å². The highest BCUT2D eigenvalue weighted by molar-refractivity contribution is 7.89. The van der Waals surface area contributed by atoms with Crippen LogP contribution in [0, 0.1) is 6.92 Å². The van der Waals surface area contributed by atoms with Crippen molar-refractivity contribution in [2.45, 2.75) is 56.9 Å². The van der Waals surface area contributed by atoms with E-state index in [1.54, 1.807) is 12.1 Å². The number of hydrogen-bond donors (Lipinski definition) is 1. The zero-order chi connectivity index (χ0) is 21.1. The van der Waals surface area contributed by atoms with Gasteiger partial charge in [-0.3, -0.25) is 4.79 Å². The number of benzene rings is 2. The predicted molar refractivity (Wildman–Crippen MR) is 115 cm³/mol. The van der Waals surface area contributed by atoms with Crippen molar-refractivity contribution in [2.75, 3.05) is 13.1 Å². The zero-order valence-corrected chi connectivity index (χ0v) is 18.3. The molecule has 0 aliphatic carbocycles. The third-order valence-corrected chi connectivity index (χ3v) is 7.24. The van der Waals surface area contributed by atoms with Crippen LogP contribution in [0.4, 0.5) is 0 Å². The molecule has 1 aliphatic rings. The molecule has 5 nitrogen and oxygen atoms in total. The average Bonchev–Trinajstić information content (AvgIpc) is 2.68. The molecule has 1 amide bonds. The molecular weight excluding hydrogens is 384 g/mol. The van der Waals surface area contributed by atoms with Gasteiger partial charge in [-0.25, -0.2) is 8.42 Å². The first kappa shape index (κ1) is 21.5. The van der Waals surface area contributed by atoms with Gasteiger partial charge in [-0.15, -0.1) is 0 Å². The summed E-state index contributed by atoms with van der Waals surface area (Å²) in [5.41, 5.74) is 1.84. The standard InChI is InChI=1S/C23H30N2O3S/c1-18-12-13-20(29(27,28)25-14-8-5-9-15-25)16-21(18)22(26)24-23(2,3)17-19-10-6-4-7-11-19/h4,6-7,10-13,16H,5,8-9,14-15,17H2,1-3H3,(H,24,26). The Morgan fingerprint density at radius 1 is 1.03 bits per heavy atom. The highest BCUT2D eigenvalue weighted by Crippen LogP contribution is 2.23. The van der Waals surface area contributed by atoms with Gasteiger partial charge in [0.2, 0.25) is 10.0 Å². The fourth-order valence-corrected chi connectivity index (χ4v) is 5.33. The number of sulfonamides is 1. The van der Waals surface area contributed by atoms with Gasteiger partial charge in [-0.2, -0.15) is 4.31 Å². The highest BCUT2D eigenvalue weighted by atomic mass is 32.2. The maximum Gasteiger partial charge on any atom is 0.252 e. The number of carbonyl (C=O) groups is 1. The van der Waals surface area contributed by atoms with Crippen LogP contribution in [0.1, 0.15) is 54.6 Å². The minimum absolute atomic E-state index is 0.191. The summed E-state index contributed by atoms with van der Waals surface area (Å²) >= 11 is 0. The minimum Gasteiger partial charge on any atom is -0.347 e. The molecule has 0 spiro atoms. The lowest BCUT2D eigenvalue weighted by atomic mass is 9.94. The van der Waals surface area contributed by atoms with Gasteiger partial charge in [0.25, 0.3) is 5.91 Å². The van der Waals surface area contributed by atoms with Crippen molar-refractivity contribution in [1.82, 2.24) is 9.62 Å². The Bertz CT molecular complexity index is 963. The van der Waals surface area contributed by atoms with Crippen molar-refractivity contribution in [3.63, 3.8) is 0 Å². The highest BCUT2D eigenvalue weighted by Gasteiger charge is 2.28. The summed E-state index contributed by atoms with van der Waals surface area (Å²) in [7, 11) is -3.57. The van der Waals surface area contributed by atoms with Crippen LogP contribution in [0.25, 0.3) is 0 Å². The quantitative estimate of drug-likeness (QED) is 0.779. The van der Waals surface area contributed by atoms with Gasteiger partial charge in [0.1, 0.15) is 0 Å². The van der Waals surface area contributed by atoms with Gasteiger partial charge < -0.3 is 5.32 Å². The Hall–Kier alpha value is -2.18. The molecule has 6 heteroatoms. The largest absolute Gasteiger partial charge is 0.347 e. The van der Waals surface area contributed by atoms with Crippen molar-refractivity contribution >= 4 is 15.9 Å². The second kappa shape index (κ2) is 8.67. The van der Waals surface area contributed by atoms with Gasteiger partial charge in [-0.1, -0.05) is 42.8 Å². The fourth-order valence-electron chi connectivity index (χ4n) is 3.79. The Balaban J connectivity index is 1.81. The van der Waals surface area contributed by atoms with Crippen molar-refractivity contribution in [1.29, 1.82) is 0 Å². The van der Waals surface area contributed by atoms with Crippen LogP contribution < -0.4 is 5.32 Å². The maximum absolute atomic E-state index is 13.0. The molecule has 0 radical (unpaired) electrons. The first-order valence-corrected chi connectivity index (χ1v) is 11.6. The molecule has 1 fully saturated rings. The van der Waals surface area contributed by atoms with Gasteiger partial charge in [0.05, 0.1) is 4.90 Å². The Labute approximate surface area is 174 Å². The molecule has 29 heavy (non-hydrogen) atoms.